The minimum Gasteiger partial charge on any atom is -0.495 e. The minimum absolute atomic E-state index is 0.227. The Morgan fingerprint density at radius 2 is 2.00 bits per heavy atom. The fourth-order valence-corrected chi connectivity index (χ4v) is 2.12. The zero-order valence-corrected chi connectivity index (χ0v) is 13.5. The molecule has 0 fully saturated rings. The molecule has 2 aromatic carbocycles. The number of aryl methyl sites for hydroxylation is 1. The van der Waals surface area contributed by atoms with E-state index in [1.54, 1.807) is 36.4 Å². The fourth-order valence-electron chi connectivity index (χ4n) is 1.97. The molecule has 6 heteroatoms. The van der Waals surface area contributed by atoms with Gasteiger partial charge in [0.05, 0.1) is 18.4 Å². The molecule has 1 N–H and O–H groups in total. The van der Waals surface area contributed by atoms with Crippen LogP contribution >= 0.6 is 11.6 Å². The number of benzene rings is 2. The third kappa shape index (κ3) is 4.23. The van der Waals surface area contributed by atoms with Crippen LogP contribution < -0.4 is 14.8 Å². The number of halogens is 1. The van der Waals surface area contributed by atoms with E-state index in [0.29, 0.717) is 34.1 Å². The average Bonchev–Trinajstić information content (AvgIpc) is 2.56. The molecule has 0 bridgehead atoms. The van der Waals surface area contributed by atoms with Crippen molar-refractivity contribution < 1.29 is 19.1 Å². The maximum atomic E-state index is 12.0. The number of carbonyl (C=O) groups is 2. The molecular formula is C17H16ClNO4. The van der Waals surface area contributed by atoms with E-state index in [0.717, 1.165) is 5.56 Å². The Bertz CT molecular complexity index is 731. The van der Waals surface area contributed by atoms with Crippen LogP contribution in [0.3, 0.4) is 0 Å². The van der Waals surface area contributed by atoms with Crippen LogP contribution in [0, 0.1) is 6.92 Å². The zero-order chi connectivity index (χ0) is 16.8. The standard InChI is InChI=1S/C17H16ClNO4/c1-11-7-14(16(22-2)8-13(11)18)19-17(21)10-23-15-6-4-3-5-12(15)9-20/h3-9H,10H2,1-2H3,(H,19,21). The molecule has 5 nitrogen and oxygen atoms in total. The van der Waals surface area contributed by atoms with Crippen molar-refractivity contribution in [3.05, 3.63) is 52.5 Å². The largest absolute Gasteiger partial charge is 0.495 e. The van der Waals surface area contributed by atoms with Gasteiger partial charge in [-0.05, 0) is 30.7 Å². The SMILES string of the molecule is COc1cc(Cl)c(C)cc1NC(=O)COc1ccccc1C=O. The molecule has 0 spiro atoms. The Balaban J connectivity index is 2.05. The Kier molecular flexibility index (Phi) is 5.60. The first-order valence-corrected chi connectivity index (χ1v) is 7.24. The molecule has 0 aliphatic heterocycles. The van der Waals surface area contributed by atoms with Crippen molar-refractivity contribution >= 4 is 29.5 Å². The van der Waals surface area contributed by atoms with Crippen molar-refractivity contribution in [3.63, 3.8) is 0 Å². The van der Waals surface area contributed by atoms with Gasteiger partial charge in [0.25, 0.3) is 5.91 Å². The first-order valence-electron chi connectivity index (χ1n) is 6.86. The molecular weight excluding hydrogens is 318 g/mol. The van der Waals surface area contributed by atoms with E-state index in [2.05, 4.69) is 5.32 Å². The lowest BCUT2D eigenvalue weighted by molar-refractivity contribution is -0.118. The van der Waals surface area contributed by atoms with Crippen molar-refractivity contribution in [1.29, 1.82) is 0 Å². The number of hydrogen-bond acceptors (Lipinski definition) is 4. The molecule has 0 aliphatic rings. The molecule has 120 valence electrons. The van der Waals surface area contributed by atoms with Crippen molar-refractivity contribution in [2.75, 3.05) is 19.0 Å². The van der Waals surface area contributed by atoms with Gasteiger partial charge in [0.1, 0.15) is 11.5 Å². The highest BCUT2D eigenvalue weighted by atomic mass is 35.5. The van der Waals surface area contributed by atoms with Gasteiger partial charge in [-0.2, -0.15) is 0 Å². The molecule has 0 radical (unpaired) electrons. The second kappa shape index (κ2) is 7.65. The first kappa shape index (κ1) is 16.8. The number of para-hydroxylation sites is 1. The zero-order valence-electron chi connectivity index (χ0n) is 12.8. The van der Waals surface area contributed by atoms with Crippen molar-refractivity contribution in [2.24, 2.45) is 0 Å². The molecule has 0 saturated carbocycles. The summed E-state index contributed by atoms with van der Waals surface area (Å²) < 4.78 is 10.6. The van der Waals surface area contributed by atoms with Gasteiger partial charge in [0.15, 0.2) is 12.9 Å². The molecule has 2 aromatic rings. The van der Waals surface area contributed by atoms with Gasteiger partial charge in [-0.1, -0.05) is 23.7 Å². The number of nitrogens with one attached hydrogen (secondary N) is 1. The van der Waals surface area contributed by atoms with Crippen LogP contribution in [-0.4, -0.2) is 25.9 Å². The highest BCUT2D eigenvalue weighted by Gasteiger charge is 2.11. The Hall–Kier alpha value is -2.53. The topological polar surface area (TPSA) is 64.6 Å². The highest BCUT2D eigenvalue weighted by Crippen LogP contribution is 2.30. The van der Waals surface area contributed by atoms with E-state index in [9.17, 15) is 9.59 Å². The predicted molar refractivity (Wildman–Crippen MR) is 88.7 cm³/mol. The van der Waals surface area contributed by atoms with E-state index in [1.807, 2.05) is 6.92 Å². The third-order valence-electron chi connectivity index (χ3n) is 3.16. The molecule has 23 heavy (non-hydrogen) atoms. The molecule has 0 atom stereocenters. The summed E-state index contributed by atoms with van der Waals surface area (Å²) in [6, 6.07) is 10.0. The van der Waals surface area contributed by atoms with E-state index >= 15 is 0 Å². The van der Waals surface area contributed by atoms with Crippen LogP contribution in [0.25, 0.3) is 0 Å². The summed E-state index contributed by atoms with van der Waals surface area (Å²) in [4.78, 5) is 22.9. The summed E-state index contributed by atoms with van der Waals surface area (Å²) in [5, 5.41) is 3.25. The maximum absolute atomic E-state index is 12.0. The van der Waals surface area contributed by atoms with Gasteiger partial charge in [0, 0.05) is 11.1 Å². The average molecular weight is 334 g/mol. The monoisotopic (exact) mass is 333 g/mol. The molecule has 0 heterocycles. The number of amides is 1. The van der Waals surface area contributed by atoms with E-state index in [4.69, 9.17) is 21.1 Å². The van der Waals surface area contributed by atoms with Gasteiger partial charge < -0.3 is 14.8 Å². The minimum atomic E-state index is -0.370. The first-order chi connectivity index (χ1) is 11.0. The van der Waals surface area contributed by atoms with E-state index in [1.165, 1.54) is 7.11 Å². The van der Waals surface area contributed by atoms with Crippen molar-refractivity contribution in [3.8, 4) is 11.5 Å². The molecule has 0 aliphatic carbocycles. The second-order valence-corrected chi connectivity index (χ2v) is 5.20. The van der Waals surface area contributed by atoms with Crippen LogP contribution in [0.1, 0.15) is 15.9 Å². The molecule has 1 amide bonds. The Morgan fingerprint density at radius 1 is 1.26 bits per heavy atom. The van der Waals surface area contributed by atoms with Crippen LogP contribution in [0.5, 0.6) is 11.5 Å². The van der Waals surface area contributed by atoms with Gasteiger partial charge in [-0.15, -0.1) is 0 Å². The Morgan fingerprint density at radius 3 is 2.70 bits per heavy atom. The Labute approximate surface area is 139 Å². The number of ether oxygens (including phenoxy) is 2. The van der Waals surface area contributed by atoms with Crippen molar-refractivity contribution in [1.82, 2.24) is 0 Å². The molecule has 0 aromatic heterocycles. The van der Waals surface area contributed by atoms with Gasteiger partial charge in [0.2, 0.25) is 0 Å². The second-order valence-electron chi connectivity index (χ2n) is 4.79. The van der Waals surface area contributed by atoms with Crippen LogP contribution in [0.4, 0.5) is 5.69 Å². The normalized spacial score (nSPS) is 10.0. The quantitative estimate of drug-likeness (QED) is 0.822. The number of rotatable bonds is 6. The van der Waals surface area contributed by atoms with E-state index in [-0.39, 0.29) is 12.5 Å². The fraction of sp³-hybridized carbons (Fsp3) is 0.176. The van der Waals surface area contributed by atoms with E-state index < -0.39 is 0 Å². The van der Waals surface area contributed by atoms with Gasteiger partial charge >= 0.3 is 0 Å². The highest BCUT2D eigenvalue weighted by molar-refractivity contribution is 6.31. The summed E-state index contributed by atoms with van der Waals surface area (Å²) in [6.45, 7) is 1.60. The van der Waals surface area contributed by atoms with Crippen LogP contribution in [-0.2, 0) is 4.79 Å². The maximum Gasteiger partial charge on any atom is 0.262 e. The smallest absolute Gasteiger partial charge is 0.262 e. The summed E-state index contributed by atoms with van der Waals surface area (Å²) >= 11 is 6.03. The summed E-state index contributed by atoms with van der Waals surface area (Å²) in [6.07, 6.45) is 0.679. The lowest BCUT2D eigenvalue weighted by Crippen LogP contribution is -2.21. The number of carbonyl (C=O) groups excluding carboxylic acids is 2. The lowest BCUT2D eigenvalue weighted by Gasteiger charge is -2.13. The number of hydrogen-bond donors (Lipinski definition) is 1. The third-order valence-corrected chi connectivity index (χ3v) is 3.57. The van der Waals surface area contributed by atoms with Crippen molar-refractivity contribution in [2.45, 2.75) is 6.92 Å². The van der Waals surface area contributed by atoms with Gasteiger partial charge in [-0.25, -0.2) is 0 Å². The molecule has 0 unspecified atom stereocenters. The lowest BCUT2D eigenvalue weighted by atomic mass is 10.2. The van der Waals surface area contributed by atoms with Crippen LogP contribution in [0.2, 0.25) is 5.02 Å². The van der Waals surface area contributed by atoms with Crippen LogP contribution in [0.15, 0.2) is 36.4 Å². The number of anilines is 1. The van der Waals surface area contributed by atoms with Gasteiger partial charge in [-0.3, -0.25) is 9.59 Å². The summed E-state index contributed by atoms with van der Waals surface area (Å²) in [7, 11) is 1.49. The summed E-state index contributed by atoms with van der Waals surface area (Å²) in [5.41, 5.74) is 1.71. The number of aldehydes is 1. The molecule has 2 rings (SSSR count). The number of methoxy groups -OCH3 is 1. The summed E-state index contributed by atoms with van der Waals surface area (Å²) in [5.74, 6) is 0.449. The molecule has 0 saturated heterocycles. The predicted octanol–water partition coefficient (Wildman–Crippen LogP) is 3.49.